The monoisotopic (exact) mass is 335 g/mol. The number of carbonyl (C=O) groups is 1. The topological polar surface area (TPSA) is 76.8 Å². The number of nitrogens with one attached hydrogen (secondary N) is 1. The van der Waals surface area contributed by atoms with Gasteiger partial charge in [0.1, 0.15) is 5.75 Å². The molecule has 0 radical (unpaired) electrons. The van der Waals surface area contributed by atoms with E-state index in [2.05, 4.69) is 16.3 Å². The maximum Gasteiger partial charge on any atom is 0.222 e. The highest BCUT2D eigenvalue weighted by Crippen LogP contribution is 2.31. The lowest BCUT2D eigenvalue weighted by Gasteiger charge is -2.29. The fraction of sp³-hybridized carbons (Fsp3) is 0.611. The van der Waals surface area contributed by atoms with Gasteiger partial charge in [0.25, 0.3) is 0 Å². The van der Waals surface area contributed by atoms with Crippen molar-refractivity contribution in [3.05, 3.63) is 29.8 Å². The fourth-order valence-electron chi connectivity index (χ4n) is 3.18. The summed E-state index contributed by atoms with van der Waals surface area (Å²) in [6, 6.07) is 8.14. The molecule has 1 aromatic rings. The Labute approximate surface area is 144 Å². The summed E-state index contributed by atoms with van der Waals surface area (Å²) in [5.74, 6) is 0.826. The highest BCUT2D eigenvalue weighted by Gasteiger charge is 2.26. The van der Waals surface area contributed by atoms with E-state index >= 15 is 0 Å². The van der Waals surface area contributed by atoms with Gasteiger partial charge in [-0.05, 0) is 32.0 Å². The van der Waals surface area contributed by atoms with Gasteiger partial charge in [-0.15, -0.1) is 0 Å². The fourth-order valence-corrected chi connectivity index (χ4v) is 3.18. The molecule has 1 amide bonds. The summed E-state index contributed by atoms with van der Waals surface area (Å²) in [6.07, 6.45) is 2.43. The maximum absolute atomic E-state index is 12.2. The van der Waals surface area contributed by atoms with E-state index in [0.29, 0.717) is 13.1 Å². The number of rotatable bonds is 9. The van der Waals surface area contributed by atoms with Gasteiger partial charge in [-0.1, -0.05) is 18.2 Å². The van der Waals surface area contributed by atoms with Gasteiger partial charge in [-0.2, -0.15) is 0 Å². The van der Waals surface area contributed by atoms with Crippen molar-refractivity contribution < 1.29 is 14.3 Å². The van der Waals surface area contributed by atoms with Crippen LogP contribution in [0.4, 0.5) is 0 Å². The van der Waals surface area contributed by atoms with E-state index in [0.717, 1.165) is 24.4 Å². The molecule has 24 heavy (non-hydrogen) atoms. The smallest absolute Gasteiger partial charge is 0.222 e. The number of para-hydroxylation sites is 1. The van der Waals surface area contributed by atoms with Crippen LogP contribution >= 0.6 is 0 Å². The van der Waals surface area contributed by atoms with Crippen LogP contribution in [0.2, 0.25) is 0 Å². The first-order valence-electron chi connectivity index (χ1n) is 8.56. The van der Waals surface area contributed by atoms with Crippen LogP contribution in [0.5, 0.6) is 5.75 Å². The Morgan fingerprint density at radius 2 is 2.00 bits per heavy atom. The predicted octanol–water partition coefficient (Wildman–Crippen LogP) is 1.31. The Bertz CT molecular complexity index is 514. The van der Waals surface area contributed by atoms with Gasteiger partial charge in [-0.25, -0.2) is 0 Å². The Kier molecular flexibility index (Phi) is 7.49. The third kappa shape index (κ3) is 4.93. The summed E-state index contributed by atoms with van der Waals surface area (Å²) in [5, 5.41) is 3.04. The lowest BCUT2D eigenvalue weighted by molar-refractivity contribution is -0.123. The molecule has 2 unspecified atom stereocenters. The van der Waals surface area contributed by atoms with Gasteiger partial charge in [0.15, 0.2) is 0 Å². The second kappa shape index (κ2) is 9.61. The molecule has 0 aromatic heterocycles. The minimum absolute atomic E-state index is 0.0357. The second-order valence-corrected chi connectivity index (χ2v) is 6.10. The third-order valence-electron chi connectivity index (χ3n) is 4.58. The highest BCUT2D eigenvalue weighted by atomic mass is 16.5. The average molecular weight is 335 g/mol. The Morgan fingerprint density at radius 3 is 2.62 bits per heavy atom. The van der Waals surface area contributed by atoms with Crippen molar-refractivity contribution >= 4 is 5.91 Å². The largest absolute Gasteiger partial charge is 0.496 e. The molecule has 6 nitrogen and oxygen atoms in total. The number of benzene rings is 1. The second-order valence-electron chi connectivity index (χ2n) is 6.10. The van der Waals surface area contributed by atoms with E-state index in [1.807, 2.05) is 18.2 Å². The lowest BCUT2D eigenvalue weighted by atomic mass is 10.0. The number of ether oxygens (including phenoxy) is 2. The summed E-state index contributed by atoms with van der Waals surface area (Å²) in [5.41, 5.74) is 6.70. The number of carbonyl (C=O) groups excluding carboxylic acids is 1. The molecule has 2 rings (SSSR count). The van der Waals surface area contributed by atoms with Crippen LogP contribution in [0.1, 0.15) is 30.9 Å². The molecule has 1 fully saturated rings. The molecule has 134 valence electrons. The zero-order chi connectivity index (χ0) is 17.4. The number of amides is 1. The minimum Gasteiger partial charge on any atom is -0.496 e. The van der Waals surface area contributed by atoms with E-state index < -0.39 is 0 Å². The van der Waals surface area contributed by atoms with Crippen molar-refractivity contribution in [2.75, 3.05) is 40.4 Å². The first kappa shape index (κ1) is 18.7. The Morgan fingerprint density at radius 1 is 1.29 bits per heavy atom. The molecule has 1 aliphatic heterocycles. The molecule has 1 saturated heterocycles. The molecule has 0 spiro atoms. The summed E-state index contributed by atoms with van der Waals surface area (Å²) >= 11 is 0. The highest BCUT2D eigenvalue weighted by molar-refractivity contribution is 5.76. The van der Waals surface area contributed by atoms with Gasteiger partial charge in [0.05, 0.1) is 25.7 Å². The van der Waals surface area contributed by atoms with Crippen molar-refractivity contribution in [3.63, 3.8) is 0 Å². The summed E-state index contributed by atoms with van der Waals surface area (Å²) in [4.78, 5) is 14.6. The molecule has 3 N–H and O–H groups in total. The molecule has 1 aromatic carbocycles. The molecule has 0 bridgehead atoms. The van der Waals surface area contributed by atoms with Crippen molar-refractivity contribution in [1.82, 2.24) is 10.2 Å². The van der Waals surface area contributed by atoms with Crippen LogP contribution in [0.15, 0.2) is 24.3 Å². The number of likely N-dealkylation sites (tertiary alicyclic amines) is 1. The van der Waals surface area contributed by atoms with Crippen LogP contribution in [0.3, 0.4) is 0 Å². The zero-order valence-electron chi connectivity index (χ0n) is 14.7. The maximum atomic E-state index is 12.2. The Balaban J connectivity index is 2.05. The number of nitrogens with zero attached hydrogens (tertiary/aromatic N) is 1. The molecule has 1 aliphatic rings. The predicted molar refractivity (Wildman–Crippen MR) is 94.0 cm³/mol. The summed E-state index contributed by atoms with van der Waals surface area (Å²) in [7, 11) is 3.26. The third-order valence-corrected chi connectivity index (χ3v) is 4.58. The van der Waals surface area contributed by atoms with E-state index in [1.54, 1.807) is 14.2 Å². The summed E-state index contributed by atoms with van der Waals surface area (Å²) < 4.78 is 10.7. The number of methoxy groups -OCH3 is 2. The standard InChI is InChI=1S/C18H29N3O3/c1-23-14(12-19)11-18(22)20-13-16(21-9-5-6-10-21)15-7-3-4-8-17(15)24-2/h3-4,7-8,14,16H,5-6,9-13,19H2,1-2H3,(H,20,22). The van der Waals surface area contributed by atoms with E-state index in [-0.39, 0.29) is 24.5 Å². The van der Waals surface area contributed by atoms with Crippen molar-refractivity contribution in [3.8, 4) is 5.75 Å². The van der Waals surface area contributed by atoms with Crippen LogP contribution in [-0.4, -0.2) is 57.3 Å². The molecule has 0 saturated carbocycles. The SMILES string of the molecule is COc1ccccc1C(CNC(=O)CC(CN)OC)N1CCCC1. The molecule has 0 aliphatic carbocycles. The van der Waals surface area contributed by atoms with Gasteiger partial charge in [0.2, 0.25) is 5.91 Å². The van der Waals surface area contributed by atoms with Crippen molar-refractivity contribution in [2.45, 2.75) is 31.4 Å². The number of nitrogens with two attached hydrogens (primary N) is 1. The molecule has 6 heteroatoms. The normalized spacial score (nSPS) is 17.5. The quantitative estimate of drug-likeness (QED) is 0.712. The zero-order valence-corrected chi connectivity index (χ0v) is 14.7. The summed E-state index contributed by atoms with van der Waals surface area (Å²) in [6.45, 7) is 2.98. The van der Waals surface area contributed by atoms with E-state index in [4.69, 9.17) is 15.2 Å². The van der Waals surface area contributed by atoms with Crippen molar-refractivity contribution in [1.29, 1.82) is 0 Å². The Hall–Kier alpha value is -1.63. The van der Waals surface area contributed by atoms with Gasteiger partial charge < -0.3 is 20.5 Å². The van der Waals surface area contributed by atoms with Crippen LogP contribution < -0.4 is 15.8 Å². The van der Waals surface area contributed by atoms with Gasteiger partial charge in [0, 0.05) is 25.8 Å². The molecule has 1 heterocycles. The molecular formula is C18H29N3O3. The first-order chi connectivity index (χ1) is 11.7. The lowest BCUT2D eigenvalue weighted by Crippen LogP contribution is -2.39. The van der Waals surface area contributed by atoms with Crippen LogP contribution in [0, 0.1) is 0 Å². The minimum atomic E-state index is -0.235. The van der Waals surface area contributed by atoms with Crippen molar-refractivity contribution in [2.24, 2.45) is 5.73 Å². The van der Waals surface area contributed by atoms with E-state index in [9.17, 15) is 4.79 Å². The molecular weight excluding hydrogens is 306 g/mol. The average Bonchev–Trinajstić information content (AvgIpc) is 3.14. The first-order valence-corrected chi connectivity index (χ1v) is 8.56. The molecule has 2 atom stereocenters. The van der Waals surface area contributed by atoms with E-state index in [1.165, 1.54) is 12.8 Å². The van der Waals surface area contributed by atoms with Crippen LogP contribution in [0.25, 0.3) is 0 Å². The number of hydrogen-bond donors (Lipinski definition) is 2. The van der Waals surface area contributed by atoms with Crippen LogP contribution in [-0.2, 0) is 9.53 Å². The van der Waals surface area contributed by atoms with Gasteiger partial charge >= 0.3 is 0 Å². The number of hydrogen-bond acceptors (Lipinski definition) is 5. The van der Waals surface area contributed by atoms with Gasteiger partial charge in [-0.3, -0.25) is 9.69 Å².